The van der Waals surface area contributed by atoms with Crippen molar-refractivity contribution >= 4 is 40.0 Å². The lowest BCUT2D eigenvalue weighted by Crippen LogP contribution is -2.36. The summed E-state index contributed by atoms with van der Waals surface area (Å²) in [6.45, 7) is 1.81. The topological polar surface area (TPSA) is 64.4 Å². The molecule has 4 rings (SSSR count). The lowest BCUT2D eigenvalue weighted by Gasteiger charge is -2.28. The molecule has 0 aliphatic rings. The van der Waals surface area contributed by atoms with Crippen LogP contribution in [0.25, 0.3) is 16.6 Å². The first-order valence-corrected chi connectivity index (χ1v) is 11.5. The van der Waals surface area contributed by atoms with Gasteiger partial charge in [-0.2, -0.15) is 0 Å². The van der Waals surface area contributed by atoms with E-state index >= 15 is 0 Å². The average Bonchev–Trinajstić information content (AvgIpc) is 2.87. The summed E-state index contributed by atoms with van der Waals surface area (Å²) in [5.74, 6) is 0.742. The van der Waals surface area contributed by atoms with Crippen molar-refractivity contribution in [3.8, 4) is 11.4 Å². The zero-order valence-corrected chi connectivity index (χ0v) is 20.4. The average molecular weight is 496 g/mol. The molecule has 0 aliphatic carbocycles. The van der Waals surface area contributed by atoms with Crippen LogP contribution in [0.4, 0.5) is 0 Å². The normalized spacial score (nSPS) is 12.9. The molecule has 2 atom stereocenters. The van der Waals surface area contributed by atoms with Crippen molar-refractivity contribution in [2.75, 3.05) is 14.2 Å². The van der Waals surface area contributed by atoms with Gasteiger partial charge < -0.3 is 9.64 Å². The highest BCUT2D eigenvalue weighted by Crippen LogP contribution is 2.29. The van der Waals surface area contributed by atoms with Crippen LogP contribution in [0.5, 0.6) is 5.75 Å². The van der Waals surface area contributed by atoms with Crippen molar-refractivity contribution in [2.24, 2.45) is 0 Å². The van der Waals surface area contributed by atoms with Gasteiger partial charge in [0.25, 0.3) is 5.56 Å². The number of amides is 1. The summed E-state index contributed by atoms with van der Waals surface area (Å²) in [7, 11) is 3.23. The number of halogens is 2. The smallest absolute Gasteiger partial charge is 0.266 e. The Morgan fingerprint density at radius 1 is 1.06 bits per heavy atom. The molecular weight excluding hydrogens is 473 g/mol. The Balaban J connectivity index is 1.83. The number of methoxy groups -OCH3 is 1. The number of ether oxygens (including phenoxy) is 1. The third kappa shape index (κ3) is 4.52. The monoisotopic (exact) mass is 495 g/mol. The van der Waals surface area contributed by atoms with Crippen LogP contribution in [-0.2, 0) is 4.79 Å². The van der Waals surface area contributed by atoms with E-state index in [2.05, 4.69) is 0 Å². The first kappa shape index (κ1) is 23.8. The number of fused-ring (bicyclic) bond motifs is 1. The third-order valence-corrected chi connectivity index (χ3v) is 6.47. The van der Waals surface area contributed by atoms with E-state index in [1.165, 1.54) is 9.47 Å². The number of rotatable bonds is 6. The second-order valence-electron chi connectivity index (χ2n) is 7.87. The highest BCUT2D eigenvalue weighted by Gasteiger charge is 2.28. The molecule has 8 heteroatoms. The molecule has 4 aromatic rings. The van der Waals surface area contributed by atoms with Gasteiger partial charge in [0, 0.05) is 12.1 Å². The van der Waals surface area contributed by atoms with Crippen molar-refractivity contribution in [1.29, 1.82) is 0 Å². The number of aromatic nitrogens is 2. The molecule has 6 nitrogen and oxygen atoms in total. The molecular formula is C26H23Cl2N3O3. The van der Waals surface area contributed by atoms with Gasteiger partial charge in [-0.1, -0.05) is 41.9 Å². The van der Waals surface area contributed by atoms with Crippen molar-refractivity contribution in [3.63, 3.8) is 0 Å². The van der Waals surface area contributed by atoms with E-state index in [4.69, 9.17) is 32.9 Å². The van der Waals surface area contributed by atoms with Crippen molar-refractivity contribution in [2.45, 2.75) is 18.3 Å². The SMILES string of the molecule is COc1ccc(-n2c(C(C)N(C)C(=O)C(Cl)c3ccccc3)nc3cc(Cl)ccc3c2=O)cc1. The summed E-state index contributed by atoms with van der Waals surface area (Å²) in [5.41, 5.74) is 1.48. The minimum Gasteiger partial charge on any atom is -0.497 e. The summed E-state index contributed by atoms with van der Waals surface area (Å²) >= 11 is 12.7. The summed E-state index contributed by atoms with van der Waals surface area (Å²) in [6.07, 6.45) is 0. The standard InChI is InChI=1S/C26H23Cl2N3O3/c1-16(30(2)26(33)23(28)17-7-5-4-6-8-17)24-29-22-15-18(27)9-14-21(22)25(32)31(24)19-10-12-20(34-3)13-11-19/h4-16,23H,1-3H3. The van der Waals surface area contributed by atoms with Crippen LogP contribution in [0, 0.1) is 0 Å². The third-order valence-electron chi connectivity index (χ3n) is 5.80. The van der Waals surface area contributed by atoms with E-state index < -0.39 is 11.4 Å². The van der Waals surface area contributed by atoms with Crippen LogP contribution < -0.4 is 10.3 Å². The van der Waals surface area contributed by atoms with E-state index in [1.54, 1.807) is 68.8 Å². The molecule has 1 aromatic heterocycles. The molecule has 34 heavy (non-hydrogen) atoms. The van der Waals surface area contributed by atoms with E-state index in [0.717, 1.165) is 0 Å². The van der Waals surface area contributed by atoms with E-state index in [9.17, 15) is 9.59 Å². The first-order valence-electron chi connectivity index (χ1n) is 10.6. The lowest BCUT2D eigenvalue weighted by atomic mass is 10.1. The molecule has 2 unspecified atom stereocenters. The lowest BCUT2D eigenvalue weighted by molar-refractivity contribution is -0.131. The van der Waals surface area contributed by atoms with Gasteiger partial charge in [0.2, 0.25) is 5.91 Å². The van der Waals surface area contributed by atoms with Crippen LogP contribution in [0.2, 0.25) is 5.02 Å². The Morgan fingerprint density at radius 3 is 2.38 bits per heavy atom. The Bertz CT molecular complexity index is 1390. The molecule has 0 N–H and O–H groups in total. The van der Waals surface area contributed by atoms with Crippen LogP contribution >= 0.6 is 23.2 Å². The molecule has 174 valence electrons. The predicted molar refractivity (Wildman–Crippen MR) is 135 cm³/mol. The molecule has 1 heterocycles. The van der Waals surface area contributed by atoms with Gasteiger partial charge in [-0.05, 0) is 55.0 Å². The Labute approximate surface area is 207 Å². The summed E-state index contributed by atoms with van der Waals surface area (Å²) < 4.78 is 6.76. The summed E-state index contributed by atoms with van der Waals surface area (Å²) in [5, 5.41) is 0.0175. The molecule has 3 aromatic carbocycles. The van der Waals surface area contributed by atoms with Gasteiger partial charge in [-0.15, -0.1) is 11.6 Å². The fourth-order valence-corrected chi connectivity index (χ4v) is 4.21. The molecule has 1 amide bonds. The molecule has 0 bridgehead atoms. The van der Waals surface area contributed by atoms with Crippen LogP contribution in [0.3, 0.4) is 0 Å². The number of hydrogen-bond acceptors (Lipinski definition) is 4. The number of benzene rings is 3. The van der Waals surface area contributed by atoms with Gasteiger partial charge in [-0.25, -0.2) is 4.98 Å². The van der Waals surface area contributed by atoms with Crippen LogP contribution in [0.15, 0.2) is 77.6 Å². The zero-order valence-electron chi connectivity index (χ0n) is 18.9. The highest BCUT2D eigenvalue weighted by atomic mass is 35.5. The number of likely N-dealkylation sites (N-methyl/N-ethyl adjacent to an activating group) is 1. The van der Waals surface area contributed by atoms with E-state index in [1.807, 2.05) is 25.1 Å². The molecule has 0 radical (unpaired) electrons. The van der Waals surface area contributed by atoms with Crippen molar-refractivity contribution < 1.29 is 9.53 Å². The fraction of sp³-hybridized carbons (Fsp3) is 0.192. The van der Waals surface area contributed by atoms with Gasteiger partial charge in [0.05, 0.1) is 29.7 Å². The Morgan fingerprint density at radius 2 is 1.74 bits per heavy atom. The summed E-state index contributed by atoms with van der Waals surface area (Å²) in [6, 6.07) is 20.6. The van der Waals surface area contributed by atoms with Crippen molar-refractivity contribution in [3.05, 3.63) is 99.6 Å². The summed E-state index contributed by atoms with van der Waals surface area (Å²) in [4.78, 5) is 33.1. The van der Waals surface area contributed by atoms with Gasteiger partial charge in [0.1, 0.15) is 17.0 Å². The largest absolute Gasteiger partial charge is 0.497 e. The maximum Gasteiger partial charge on any atom is 0.266 e. The quantitative estimate of drug-likeness (QED) is 0.329. The predicted octanol–water partition coefficient (Wildman–Crippen LogP) is 5.55. The number of hydrogen-bond donors (Lipinski definition) is 0. The molecule has 0 fully saturated rings. The molecule has 0 aliphatic heterocycles. The van der Waals surface area contributed by atoms with Crippen LogP contribution in [-0.4, -0.2) is 34.5 Å². The number of carbonyl (C=O) groups excluding carboxylic acids is 1. The molecule has 0 saturated carbocycles. The number of nitrogens with zero attached hydrogens (tertiary/aromatic N) is 3. The van der Waals surface area contributed by atoms with Gasteiger partial charge in [0.15, 0.2) is 0 Å². The number of alkyl halides is 1. The Kier molecular flexibility index (Phi) is 6.91. The minimum absolute atomic E-state index is 0.264. The maximum atomic E-state index is 13.6. The number of carbonyl (C=O) groups is 1. The zero-order chi connectivity index (χ0) is 24.4. The maximum absolute atomic E-state index is 13.6. The fourth-order valence-electron chi connectivity index (χ4n) is 3.74. The van der Waals surface area contributed by atoms with Gasteiger partial charge >= 0.3 is 0 Å². The molecule has 0 saturated heterocycles. The van der Waals surface area contributed by atoms with Gasteiger partial charge in [-0.3, -0.25) is 14.2 Å². The Hall–Kier alpha value is -3.35. The highest BCUT2D eigenvalue weighted by molar-refractivity contribution is 6.31. The van der Waals surface area contributed by atoms with E-state index in [-0.39, 0.29) is 11.5 Å². The molecule has 0 spiro atoms. The second-order valence-corrected chi connectivity index (χ2v) is 8.74. The van der Waals surface area contributed by atoms with Crippen molar-refractivity contribution in [1.82, 2.24) is 14.5 Å². The second kappa shape index (κ2) is 9.87. The van der Waals surface area contributed by atoms with Crippen LogP contribution in [0.1, 0.15) is 29.7 Å². The first-order chi connectivity index (χ1) is 16.3. The van der Waals surface area contributed by atoms with E-state index in [0.29, 0.717) is 38.8 Å². The minimum atomic E-state index is -0.871.